The number of aromatic nitrogens is 1. The summed E-state index contributed by atoms with van der Waals surface area (Å²) in [6.45, 7) is 0.235. The second-order valence-electron chi connectivity index (χ2n) is 2.00. The summed E-state index contributed by atoms with van der Waals surface area (Å²) in [5, 5.41) is 11.3. The van der Waals surface area contributed by atoms with E-state index in [2.05, 4.69) is 0 Å². The van der Waals surface area contributed by atoms with Gasteiger partial charge in [0, 0.05) is 12.1 Å². The lowest BCUT2D eigenvalue weighted by Gasteiger charge is -2.02. The molecule has 0 aliphatic rings. The highest BCUT2D eigenvalue weighted by molar-refractivity contribution is 6.35. The lowest BCUT2D eigenvalue weighted by Crippen LogP contribution is -2.25. The van der Waals surface area contributed by atoms with Crippen molar-refractivity contribution in [2.45, 2.75) is 6.54 Å². The van der Waals surface area contributed by atoms with Gasteiger partial charge in [-0.25, -0.2) is 0 Å². The Kier molecular flexibility index (Phi) is 2.54. The smallest absolute Gasteiger partial charge is 0.199 e. The van der Waals surface area contributed by atoms with Crippen molar-refractivity contribution in [2.75, 3.05) is 0 Å². The molecule has 0 aromatic carbocycles. The van der Waals surface area contributed by atoms with Crippen LogP contribution in [0, 0.1) is 5.21 Å². The minimum atomic E-state index is 0.235. The molecule has 0 saturated heterocycles. The van der Waals surface area contributed by atoms with Gasteiger partial charge in [0.15, 0.2) is 12.4 Å². The Labute approximate surface area is 73.9 Å². The normalized spacial score (nSPS) is 10.1. The van der Waals surface area contributed by atoms with Gasteiger partial charge in [-0.15, -0.1) is 0 Å². The van der Waals surface area contributed by atoms with Gasteiger partial charge in [0.25, 0.3) is 0 Å². The molecule has 0 aliphatic carbocycles. The molecule has 1 aromatic rings. The van der Waals surface area contributed by atoms with Gasteiger partial charge in [0.05, 0.1) is 0 Å². The molecule has 1 heterocycles. The zero-order chi connectivity index (χ0) is 8.43. The van der Waals surface area contributed by atoms with E-state index in [1.807, 2.05) is 0 Å². The minimum absolute atomic E-state index is 0.235. The Morgan fingerprint density at radius 1 is 1.36 bits per heavy atom. The molecular weight excluding hydrogens is 187 g/mol. The van der Waals surface area contributed by atoms with E-state index in [1.54, 1.807) is 0 Å². The molecule has 60 valence electrons. The zero-order valence-electron chi connectivity index (χ0n) is 5.55. The fourth-order valence-electron chi connectivity index (χ4n) is 0.726. The summed E-state index contributed by atoms with van der Waals surface area (Å²) >= 11 is 11.3. The molecule has 1 aromatic heterocycles. The minimum Gasteiger partial charge on any atom is -0.619 e. The predicted octanol–water partition coefficient (Wildman–Crippen LogP) is 1.09. The van der Waals surface area contributed by atoms with E-state index in [4.69, 9.17) is 28.9 Å². The Hall–Kier alpha value is -0.510. The maximum absolute atomic E-state index is 10.7. The van der Waals surface area contributed by atoms with Crippen molar-refractivity contribution in [1.29, 1.82) is 0 Å². The molecule has 0 bridgehead atoms. The molecule has 0 saturated carbocycles. The van der Waals surface area contributed by atoms with E-state index in [0.29, 0.717) is 20.3 Å². The summed E-state index contributed by atoms with van der Waals surface area (Å²) < 4.78 is 0.545. The molecule has 0 aliphatic heterocycles. The second-order valence-corrected chi connectivity index (χ2v) is 2.81. The number of nitrogens with two attached hydrogens (primary N) is 1. The SMILES string of the molecule is NCc1c(Cl)c[n+]([O-])cc1Cl. The third kappa shape index (κ3) is 1.74. The van der Waals surface area contributed by atoms with E-state index in [1.165, 1.54) is 12.4 Å². The maximum atomic E-state index is 10.7. The van der Waals surface area contributed by atoms with Crippen LogP contribution in [0.2, 0.25) is 10.0 Å². The molecule has 1 rings (SSSR count). The number of pyridine rings is 1. The summed E-state index contributed by atoms with van der Waals surface area (Å²) in [7, 11) is 0. The van der Waals surface area contributed by atoms with Gasteiger partial charge in [-0.1, -0.05) is 23.2 Å². The van der Waals surface area contributed by atoms with Crippen molar-refractivity contribution in [3.63, 3.8) is 0 Å². The first kappa shape index (κ1) is 8.59. The monoisotopic (exact) mass is 192 g/mol. The number of nitrogens with zero attached hydrogens (tertiary/aromatic N) is 1. The fraction of sp³-hybridized carbons (Fsp3) is 0.167. The lowest BCUT2D eigenvalue weighted by molar-refractivity contribution is -0.605. The Bertz CT molecular complexity index is 254. The summed E-state index contributed by atoms with van der Waals surface area (Å²) in [6, 6.07) is 0. The van der Waals surface area contributed by atoms with Gasteiger partial charge >= 0.3 is 0 Å². The first-order valence-electron chi connectivity index (χ1n) is 2.92. The standard InChI is InChI=1S/C6H6Cl2N2O/c7-5-2-10(11)3-6(8)4(5)1-9/h2-3H,1,9H2. The molecule has 0 fully saturated rings. The van der Waals surface area contributed by atoms with Crippen molar-refractivity contribution < 1.29 is 4.73 Å². The highest BCUT2D eigenvalue weighted by Crippen LogP contribution is 2.20. The molecule has 2 N–H and O–H groups in total. The summed E-state index contributed by atoms with van der Waals surface area (Å²) in [5.41, 5.74) is 5.92. The molecule has 0 amide bonds. The summed E-state index contributed by atoms with van der Waals surface area (Å²) in [6.07, 6.45) is 2.44. The predicted molar refractivity (Wildman–Crippen MR) is 43.3 cm³/mol. The van der Waals surface area contributed by atoms with Crippen molar-refractivity contribution >= 4 is 23.2 Å². The highest BCUT2D eigenvalue weighted by atomic mass is 35.5. The number of hydrogen-bond acceptors (Lipinski definition) is 2. The number of halogens is 2. The molecular formula is C6H6Cl2N2O. The number of hydrogen-bond donors (Lipinski definition) is 1. The Balaban J connectivity index is 3.25. The van der Waals surface area contributed by atoms with Gasteiger partial charge in [-0.3, -0.25) is 0 Å². The van der Waals surface area contributed by atoms with E-state index in [-0.39, 0.29) is 6.54 Å². The Morgan fingerprint density at radius 2 is 1.82 bits per heavy atom. The van der Waals surface area contributed by atoms with Crippen molar-refractivity contribution in [3.8, 4) is 0 Å². The van der Waals surface area contributed by atoms with Crippen LogP contribution in [0.15, 0.2) is 12.4 Å². The third-order valence-corrected chi connectivity index (χ3v) is 1.91. The van der Waals surface area contributed by atoms with Crippen LogP contribution in [0.4, 0.5) is 0 Å². The molecule has 0 unspecified atom stereocenters. The first-order valence-corrected chi connectivity index (χ1v) is 3.67. The molecule has 0 atom stereocenters. The first-order chi connectivity index (χ1) is 5.15. The molecule has 0 spiro atoms. The van der Waals surface area contributed by atoms with Crippen LogP contribution in [-0.4, -0.2) is 0 Å². The largest absolute Gasteiger partial charge is 0.619 e. The third-order valence-electron chi connectivity index (χ3n) is 1.26. The topological polar surface area (TPSA) is 53.0 Å². The van der Waals surface area contributed by atoms with Crippen molar-refractivity contribution in [2.24, 2.45) is 5.73 Å². The summed E-state index contributed by atoms with van der Waals surface area (Å²) in [5.74, 6) is 0. The van der Waals surface area contributed by atoms with Crippen molar-refractivity contribution in [3.05, 3.63) is 33.2 Å². The van der Waals surface area contributed by atoms with Gasteiger partial charge < -0.3 is 10.9 Å². The molecule has 3 nitrogen and oxygen atoms in total. The fourth-order valence-corrected chi connectivity index (χ4v) is 1.32. The van der Waals surface area contributed by atoms with Crippen molar-refractivity contribution in [1.82, 2.24) is 0 Å². The van der Waals surface area contributed by atoms with Gasteiger partial charge in [0.2, 0.25) is 0 Å². The van der Waals surface area contributed by atoms with Crippen LogP contribution >= 0.6 is 23.2 Å². The van der Waals surface area contributed by atoms with Crippen LogP contribution in [0.5, 0.6) is 0 Å². The quantitative estimate of drug-likeness (QED) is 0.536. The van der Waals surface area contributed by atoms with Crippen LogP contribution in [0.3, 0.4) is 0 Å². The van der Waals surface area contributed by atoms with Gasteiger partial charge in [-0.2, -0.15) is 4.73 Å². The van der Waals surface area contributed by atoms with Gasteiger partial charge in [0.1, 0.15) is 10.0 Å². The van der Waals surface area contributed by atoms with Crippen LogP contribution in [0.25, 0.3) is 0 Å². The number of rotatable bonds is 1. The molecule has 11 heavy (non-hydrogen) atoms. The van der Waals surface area contributed by atoms with Gasteiger partial charge in [-0.05, 0) is 0 Å². The molecule has 5 heteroatoms. The van der Waals surface area contributed by atoms with Crippen LogP contribution < -0.4 is 10.5 Å². The average Bonchev–Trinajstić information content (AvgIpc) is 1.85. The van der Waals surface area contributed by atoms with E-state index >= 15 is 0 Å². The second kappa shape index (κ2) is 3.26. The average molecular weight is 193 g/mol. The zero-order valence-corrected chi connectivity index (χ0v) is 7.06. The Morgan fingerprint density at radius 3 is 2.18 bits per heavy atom. The lowest BCUT2D eigenvalue weighted by atomic mass is 10.3. The van der Waals surface area contributed by atoms with Crippen LogP contribution in [-0.2, 0) is 6.54 Å². The summed E-state index contributed by atoms with van der Waals surface area (Å²) in [4.78, 5) is 0. The van der Waals surface area contributed by atoms with E-state index < -0.39 is 0 Å². The van der Waals surface area contributed by atoms with E-state index in [0.717, 1.165) is 0 Å². The molecule has 0 radical (unpaired) electrons. The highest BCUT2D eigenvalue weighted by Gasteiger charge is 2.08. The van der Waals surface area contributed by atoms with E-state index in [9.17, 15) is 5.21 Å². The maximum Gasteiger partial charge on any atom is 0.199 e. The van der Waals surface area contributed by atoms with Crippen LogP contribution in [0.1, 0.15) is 5.56 Å².